The van der Waals surface area contributed by atoms with Gasteiger partial charge in [0.1, 0.15) is 0 Å². The van der Waals surface area contributed by atoms with Crippen LogP contribution in [0.4, 0.5) is 0 Å². The van der Waals surface area contributed by atoms with Crippen LogP contribution in [0.3, 0.4) is 0 Å². The van der Waals surface area contributed by atoms with Crippen LogP contribution in [0, 0.1) is 11.8 Å². The number of aliphatic hydroxyl groups is 1. The third-order valence-corrected chi connectivity index (χ3v) is 2.57. The Balaban J connectivity index is 2.26. The van der Waals surface area contributed by atoms with Gasteiger partial charge in [0.25, 0.3) is 0 Å². The first-order chi connectivity index (χ1) is 4.54. The molecule has 0 aromatic carbocycles. The minimum atomic E-state index is -0.480. The molecule has 1 saturated carbocycles. The first-order valence-electron chi connectivity index (χ1n) is 3.96. The minimum absolute atomic E-state index is 0.480. The number of nitrogens with two attached hydrogens (primary N) is 1. The summed E-state index contributed by atoms with van der Waals surface area (Å²) < 4.78 is 0. The van der Waals surface area contributed by atoms with E-state index in [4.69, 9.17) is 5.73 Å². The van der Waals surface area contributed by atoms with Gasteiger partial charge in [0.2, 0.25) is 0 Å². The molecule has 0 saturated heterocycles. The maximum Gasteiger partial charge on any atom is 0.0620 e. The van der Waals surface area contributed by atoms with Crippen LogP contribution in [0.15, 0.2) is 0 Å². The Hall–Kier alpha value is -0.0800. The van der Waals surface area contributed by atoms with E-state index < -0.39 is 5.60 Å². The summed E-state index contributed by atoms with van der Waals surface area (Å²) in [6.45, 7) is 4.54. The monoisotopic (exact) mass is 143 g/mol. The van der Waals surface area contributed by atoms with Crippen LogP contribution in [0.5, 0.6) is 0 Å². The van der Waals surface area contributed by atoms with Crippen LogP contribution in [0.2, 0.25) is 0 Å². The second-order valence-electron chi connectivity index (χ2n) is 3.92. The van der Waals surface area contributed by atoms with E-state index in [1.807, 2.05) is 13.8 Å². The van der Waals surface area contributed by atoms with E-state index >= 15 is 0 Å². The van der Waals surface area contributed by atoms with Crippen LogP contribution in [-0.4, -0.2) is 17.3 Å². The van der Waals surface area contributed by atoms with Crippen LogP contribution < -0.4 is 5.73 Å². The van der Waals surface area contributed by atoms with Gasteiger partial charge in [-0.3, -0.25) is 0 Å². The third-order valence-electron chi connectivity index (χ3n) is 2.57. The lowest BCUT2D eigenvalue weighted by atomic mass is 9.67. The summed E-state index contributed by atoms with van der Waals surface area (Å²) in [5, 5.41) is 9.51. The van der Waals surface area contributed by atoms with E-state index in [9.17, 15) is 5.11 Å². The van der Waals surface area contributed by atoms with Crippen LogP contribution in [-0.2, 0) is 0 Å². The molecule has 1 fully saturated rings. The third kappa shape index (κ3) is 1.50. The Morgan fingerprint density at radius 3 is 2.30 bits per heavy atom. The molecule has 10 heavy (non-hydrogen) atoms. The van der Waals surface area contributed by atoms with Gasteiger partial charge in [0.15, 0.2) is 0 Å². The standard InChI is InChI=1S/C8H17NO/c1-8(2,10)7-3-6(4-7)5-9/h6-7,10H,3-5,9H2,1-2H3. The highest BCUT2D eigenvalue weighted by molar-refractivity contribution is 4.89. The van der Waals surface area contributed by atoms with Gasteiger partial charge in [-0.15, -0.1) is 0 Å². The molecule has 1 aliphatic rings. The van der Waals surface area contributed by atoms with E-state index in [-0.39, 0.29) is 0 Å². The Morgan fingerprint density at radius 1 is 1.50 bits per heavy atom. The average molecular weight is 143 g/mol. The van der Waals surface area contributed by atoms with Crippen molar-refractivity contribution in [2.45, 2.75) is 32.3 Å². The van der Waals surface area contributed by atoms with E-state index in [1.165, 1.54) is 0 Å². The van der Waals surface area contributed by atoms with Crippen molar-refractivity contribution >= 4 is 0 Å². The summed E-state index contributed by atoms with van der Waals surface area (Å²) in [6.07, 6.45) is 2.22. The summed E-state index contributed by atoms with van der Waals surface area (Å²) in [7, 11) is 0. The molecular weight excluding hydrogens is 126 g/mol. The Morgan fingerprint density at radius 2 is 2.00 bits per heavy atom. The zero-order valence-corrected chi connectivity index (χ0v) is 6.80. The number of hydrogen-bond donors (Lipinski definition) is 2. The largest absolute Gasteiger partial charge is 0.390 e. The van der Waals surface area contributed by atoms with Crippen molar-refractivity contribution in [3.63, 3.8) is 0 Å². The molecule has 0 heterocycles. The number of hydrogen-bond acceptors (Lipinski definition) is 2. The molecule has 0 spiro atoms. The van der Waals surface area contributed by atoms with Crippen molar-refractivity contribution in [1.82, 2.24) is 0 Å². The van der Waals surface area contributed by atoms with E-state index in [0.717, 1.165) is 19.4 Å². The Labute approximate surface area is 62.4 Å². The van der Waals surface area contributed by atoms with Crippen molar-refractivity contribution in [1.29, 1.82) is 0 Å². The summed E-state index contributed by atoms with van der Waals surface area (Å²) in [5.74, 6) is 1.16. The highest BCUT2D eigenvalue weighted by Gasteiger charge is 2.37. The quantitative estimate of drug-likeness (QED) is 0.599. The smallest absolute Gasteiger partial charge is 0.0620 e. The van der Waals surface area contributed by atoms with Gasteiger partial charge in [-0.2, -0.15) is 0 Å². The highest BCUT2D eigenvalue weighted by atomic mass is 16.3. The number of rotatable bonds is 2. The SMILES string of the molecule is CC(C)(O)C1CC(CN)C1. The lowest BCUT2D eigenvalue weighted by Crippen LogP contribution is -2.42. The average Bonchev–Trinajstić information content (AvgIpc) is 1.57. The van der Waals surface area contributed by atoms with Crippen molar-refractivity contribution in [3.8, 4) is 0 Å². The molecule has 2 nitrogen and oxygen atoms in total. The van der Waals surface area contributed by atoms with Gasteiger partial charge < -0.3 is 10.8 Å². The molecule has 1 aliphatic carbocycles. The van der Waals surface area contributed by atoms with Crippen molar-refractivity contribution in [3.05, 3.63) is 0 Å². The lowest BCUT2D eigenvalue weighted by Gasteiger charge is -2.42. The second-order valence-corrected chi connectivity index (χ2v) is 3.92. The molecule has 0 unspecified atom stereocenters. The van der Waals surface area contributed by atoms with Gasteiger partial charge in [-0.1, -0.05) is 0 Å². The minimum Gasteiger partial charge on any atom is -0.390 e. The molecule has 0 atom stereocenters. The lowest BCUT2D eigenvalue weighted by molar-refractivity contribution is -0.0407. The Kier molecular flexibility index (Phi) is 2.02. The fourth-order valence-electron chi connectivity index (χ4n) is 1.50. The van der Waals surface area contributed by atoms with Gasteiger partial charge >= 0.3 is 0 Å². The van der Waals surface area contributed by atoms with Crippen molar-refractivity contribution in [2.75, 3.05) is 6.54 Å². The van der Waals surface area contributed by atoms with Crippen molar-refractivity contribution in [2.24, 2.45) is 17.6 Å². The predicted molar refractivity (Wildman–Crippen MR) is 41.6 cm³/mol. The van der Waals surface area contributed by atoms with E-state index in [2.05, 4.69) is 0 Å². The zero-order valence-electron chi connectivity index (χ0n) is 6.80. The summed E-state index contributed by atoms with van der Waals surface area (Å²) >= 11 is 0. The second kappa shape index (κ2) is 2.51. The van der Waals surface area contributed by atoms with Gasteiger partial charge in [0, 0.05) is 0 Å². The molecule has 0 aromatic heterocycles. The molecular formula is C8H17NO. The van der Waals surface area contributed by atoms with Gasteiger partial charge in [-0.25, -0.2) is 0 Å². The fourth-order valence-corrected chi connectivity index (χ4v) is 1.50. The maximum absolute atomic E-state index is 9.51. The Bertz CT molecular complexity index is 111. The molecule has 0 aliphatic heterocycles. The molecule has 2 heteroatoms. The normalized spacial score (nSPS) is 33.6. The zero-order chi connectivity index (χ0) is 7.78. The summed E-state index contributed by atoms with van der Waals surface area (Å²) in [5.41, 5.74) is 4.98. The van der Waals surface area contributed by atoms with E-state index in [1.54, 1.807) is 0 Å². The summed E-state index contributed by atoms with van der Waals surface area (Å²) in [6, 6.07) is 0. The molecule has 3 N–H and O–H groups in total. The molecule has 0 amide bonds. The van der Waals surface area contributed by atoms with Crippen molar-refractivity contribution < 1.29 is 5.11 Å². The fraction of sp³-hybridized carbons (Fsp3) is 1.00. The van der Waals surface area contributed by atoms with Crippen LogP contribution in [0.25, 0.3) is 0 Å². The highest BCUT2D eigenvalue weighted by Crippen LogP contribution is 2.39. The molecule has 0 bridgehead atoms. The van der Waals surface area contributed by atoms with Crippen LogP contribution >= 0.6 is 0 Å². The topological polar surface area (TPSA) is 46.2 Å². The van der Waals surface area contributed by atoms with E-state index in [0.29, 0.717) is 11.8 Å². The molecule has 60 valence electrons. The first kappa shape index (κ1) is 8.02. The predicted octanol–water partition coefficient (Wildman–Crippen LogP) is 0.742. The van der Waals surface area contributed by atoms with Gasteiger partial charge in [-0.05, 0) is 45.1 Å². The maximum atomic E-state index is 9.51. The van der Waals surface area contributed by atoms with Crippen LogP contribution in [0.1, 0.15) is 26.7 Å². The summed E-state index contributed by atoms with van der Waals surface area (Å²) in [4.78, 5) is 0. The molecule has 1 rings (SSSR count). The molecule has 0 radical (unpaired) electrons. The first-order valence-corrected chi connectivity index (χ1v) is 3.96. The van der Waals surface area contributed by atoms with Gasteiger partial charge in [0.05, 0.1) is 5.60 Å². The molecule has 0 aromatic rings.